The molecular weight excluding hydrogens is 317 g/mol. The molecule has 0 spiro atoms. The second-order valence-electron chi connectivity index (χ2n) is 4.07. The largest absolute Gasteiger partial charge is 0.381 e. The van der Waals surface area contributed by atoms with Crippen LogP contribution in [0.2, 0.25) is 5.02 Å². The van der Waals surface area contributed by atoms with Gasteiger partial charge in [-0.15, -0.1) is 0 Å². The van der Waals surface area contributed by atoms with E-state index >= 15 is 0 Å². The quantitative estimate of drug-likeness (QED) is 0.820. The number of anilines is 1. The number of rotatable bonds is 3. The van der Waals surface area contributed by atoms with Crippen molar-refractivity contribution in [2.75, 3.05) is 5.32 Å². The minimum absolute atomic E-state index is 0.197. The lowest BCUT2D eigenvalue weighted by Gasteiger charge is -2.08. The average Bonchev–Trinajstić information content (AvgIpc) is 2.35. The highest BCUT2D eigenvalue weighted by Crippen LogP contribution is 2.23. The lowest BCUT2D eigenvalue weighted by atomic mass is 10.2. The summed E-state index contributed by atoms with van der Waals surface area (Å²) in [5, 5.41) is 3.85. The van der Waals surface area contributed by atoms with Gasteiger partial charge in [-0.25, -0.2) is 4.39 Å². The lowest BCUT2D eigenvalue weighted by Crippen LogP contribution is -2.00. The van der Waals surface area contributed by atoms with Crippen LogP contribution in [0.15, 0.2) is 40.9 Å². The third kappa shape index (κ3) is 3.24. The number of hydrogen-bond acceptors (Lipinski definition) is 1. The van der Waals surface area contributed by atoms with Crippen molar-refractivity contribution in [2.24, 2.45) is 0 Å². The molecule has 0 aliphatic carbocycles. The standard InChI is InChI=1S/C14H12BrClFN/c1-9-2-4-11(7-14(9)17)18-8-10-3-5-13(16)12(15)6-10/h2-7,18H,8H2,1H3. The van der Waals surface area contributed by atoms with Crippen molar-refractivity contribution in [3.63, 3.8) is 0 Å². The van der Waals surface area contributed by atoms with E-state index < -0.39 is 0 Å². The summed E-state index contributed by atoms with van der Waals surface area (Å²) < 4.78 is 14.2. The third-order valence-electron chi connectivity index (χ3n) is 2.65. The topological polar surface area (TPSA) is 12.0 Å². The molecule has 0 atom stereocenters. The molecule has 0 amide bonds. The van der Waals surface area contributed by atoms with Crippen LogP contribution in [0.1, 0.15) is 11.1 Å². The van der Waals surface area contributed by atoms with E-state index in [4.69, 9.17) is 11.6 Å². The van der Waals surface area contributed by atoms with Crippen LogP contribution in [-0.2, 0) is 6.54 Å². The Balaban J connectivity index is 2.06. The molecule has 18 heavy (non-hydrogen) atoms. The van der Waals surface area contributed by atoms with Crippen LogP contribution < -0.4 is 5.32 Å². The van der Waals surface area contributed by atoms with Gasteiger partial charge in [0.2, 0.25) is 0 Å². The molecule has 0 radical (unpaired) electrons. The smallest absolute Gasteiger partial charge is 0.128 e. The molecule has 0 aliphatic heterocycles. The van der Waals surface area contributed by atoms with Crippen molar-refractivity contribution < 1.29 is 4.39 Å². The van der Waals surface area contributed by atoms with Crippen molar-refractivity contribution in [3.05, 3.63) is 62.8 Å². The summed E-state index contributed by atoms with van der Waals surface area (Å²) in [6.07, 6.45) is 0. The Bertz CT molecular complexity index is 520. The first-order chi connectivity index (χ1) is 8.56. The Morgan fingerprint density at radius 3 is 2.67 bits per heavy atom. The highest BCUT2D eigenvalue weighted by molar-refractivity contribution is 9.10. The van der Waals surface area contributed by atoms with Gasteiger partial charge in [0.1, 0.15) is 5.82 Å². The number of aryl methyl sites for hydroxylation is 1. The fourth-order valence-electron chi connectivity index (χ4n) is 1.56. The van der Waals surface area contributed by atoms with Crippen LogP contribution >= 0.6 is 27.5 Å². The second kappa shape index (κ2) is 5.72. The van der Waals surface area contributed by atoms with Crippen LogP contribution in [-0.4, -0.2) is 0 Å². The zero-order chi connectivity index (χ0) is 13.1. The fourth-order valence-corrected chi connectivity index (χ4v) is 2.10. The first-order valence-corrected chi connectivity index (χ1v) is 6.67. The van der Waals surface area contributed by atoms with Gasteiger partial charge in [0.15, 0.2) is 0 Å². The van der Waals surface area contributed by atoms with Crippen molar-refractivity contribution >= 4 is 33.2 Å². The van der Waals surface area contributed by atoms with Crippen LogP contribution in [0, 0.1) is 12.7 Å². The third-order valence-corrected chi connectivity index (χ3v) is 3.87. The molecule has 0 saturated carbocycles. The van der Waals surface area contributed by atoms with Gasteiger partial charge < -0.3 is 5.32 Å². The van der Waals surface area contributed by atoms with Crippen molar-refractivity contribution in [2.45, 2.75) is 13.5 Å². The predicted molar refractivity (Wildman–Crippen MR) is 77.6 cm³/mol. The summed E-state index contributed by atoms with van der Waals surface area (Å²) >= 11 is 9.29. The molecule has 0 saturated heterocycles. The van der Waals surface area contributed by atoms with E-state index in [1.165, 1.54) is 6.07 Å². The van der Waals surface area contributed by atoms with Crippen LogP contribution in [0.4, 0.5) is 10.1 Å². The first-order valence-electron chi connectivity index (χ1n) is 5.50. The van der Waals surface area contributed by atoms with Gasteiger partial charge in [-0.05, 0) is 58.2 Å². The zero-order valence-corrected chi connectivity index (χ0v) is 12.1. The number of halogens is 3. The zero-order valence-electron chi connectivity index (χ0n) is 9.81. The molecule has 0 unspecified atom stereocenters. The fraction of sp³-hybridized carbons (Fsp3) is 0.143. The Kier molecular flexibility index (Phi) is 4.25. The molecule has 4 heteroatoms. The van der Waals surface area contributed by atoms with E-state index in [9.17, 15) is 4.39 Å². The molecule has 0 heterocycles. The van der Waals surface area contributed by atoms with Gasteiger partial charge in [0.25, 0.3) is 0 Å². The predicted octanol–water partition coefficient (Wildman–Crippen LogP) is 5.16. The van der Waals surface area contributed by atoms with Crippen molar-refractivity contribution in [1.29, 1.82) is 0 Å². The highest BCUT2D eigenvalue weighted by Gasteiger charge is 2.01. The first kappa shape index (κ1) is 13.4. The van der Waals surface area contributed by atoms with Crippen LogP contribution in [0.5, 0.6) is 0 Å². The van der Waals surface area contributed by atoms with Gasteiger partial charge in [-0.3, -0.25) is 0 Å². The molecule has 2 aromatic rings. The Labute approximate surface area is 119 Å². The van der Waals surface area contributed by atoms with E-state index in [1.807, 2.05) is 24.3 Å². The number of nitrogens with one attached hydrogen (secondary N) is 1. The van der Waals surface area contributed by atoms with Crippen LogP contribution in [0.25, 0.3) is 0 Å². The second-order valence-corrected chi connectivity index (χ2v) is 5.33. The minimum Gasteiger partial charge on any atom is -0.381 e. The van der Waals surface area contributed by atoms with E-state index in [0.717, 1.165) is 15.7 Å². The lowest BCUT2D eigenvalue weighted by molar-refractivity contribution is 0.619. The molecule has 2 rings (SSSR count). The Hall–Kier alpha value is -1.06. The Morgan fingerprint density at radius 1 is 1.22 bits per heavy atom. The maximum absolute atomic E-state index is 13.4. The van der Waals surface area contributed by atoms with Gasteiger partial charge in [0, 0.05) is 16.7 Å². The average molecular weight is 329 g/mol. The normalized spacial score (nSPS) is 10.4. The summed E-state index contributed by atoms with van der Waals surface area (Å²) in [4.78, 5) is 0. The summed E-state index contributed by atoms with van der Waals surface area (Å²) in [7, 11) is 0. The van der Waals surface area contributed by atoms with Gasteiger partial charge >= 0.3 is 0 Å². The van der Waals surface area contributed by atoms with Crippen molar-refractivity contribution in [1.82, 2.24) is 0 Å². The maximum Gasteiger partial charge on any atom is 0.128 e. The Morgan fingerprint density at radius 2 is 2.00 bits per heavy atom. The van der Waals surface area contributed by atoms with Crippen LogP contribution in [0.3, 0.4) is 0 Å². The number of benzene rings is 2. The molecule has 0 aliphatic rings. The summed E-state index contributed by atoms with van der Waals surface area (Å²) in [5.41, 5.74) is 2.49. The summed E-state index contributed by atoms with van der Waals surface area (Å²) in [6.45, 7) is 2.37. The SMILES string of the molecule is Cc1ccc(NCc2ccc(Cl)c(Br)c2)cc1F. The molecule has 2 aromatic carbocycles. The van der Waals surface area contributed by atoms with E-state index in [0.29, 0.717) is 17.1 Å². The maximum atomic E-state index is 13.4. The number of hydrogen-bond donors (Lipinski definition) is 1. The minimum atomic E-state index is -0.197. The molecule has 0 fully saturated rings. The highest BCUT2D eigenvalue weighted by atomic mass is 79.9. The molecule has 1 N–H and O–H groups in total. The van der Waals surface area contributed by atoms with E-state index in [2.05, 4.69) is 21.2 Å². The summed E-state index contributed by atoms with van der Waals surface area (Å²) in [6, 6.07) is 10.8. The van der Waals surface area contributed by atoms with Gasteiger partial charge in [-0.2, -0.15) is 0 Å². The van der Waals surface area contributed by atoms with Crippen molar-refractivity contribution in [3.8, 4) is 0 Å². The molecule has 0 aromatic heterocycles. The van der Waals surface area contributed by atoms with E-state index in [-0.39, 0.29) is 5.82 Å². The summed E-state index contributed by atoms with van der Waals surface area (Å²) in [5.74, 6) is -0.197. The molecular formula is C14H12BrClFN. The van der Waals surface area contributed by atoms with Gasteiger partial charge in [0.05, 0.1) is 5.02 Å². The molecule has 0 bridgehead atoms. The molecule has 1 nitrogen and oxygen atoms in total. The molecule has 94 valence electrons. The van der Waals surface area contributed by atoms with Gasteiger partial charge in [-0.1, -0.05) is 23.7 Å². The van der Waals surface area contributed by atoms with E-state index in [1.54, 1.807) is 13.0 Å². The monoisotopic (exact) mass is 327 g/mol.